The normalized spacial score (nSPS) is 11.9. The van der Waals surface area contributed by atoms with E-state index in [9.17, 15) is 13.2 Å². The number of methoxy groups -OCH3 is 1. The Morgan fingerprint density at radius 2 is 1.85 bits per heavy atom. The average molecular weight is 371 g/mol. The number of ether oxygens (including phenoxy) is 1. The first-order chi connectivity index (χ1) is 12.8. The van der Waals surface area contributed by atoms with Crippen molar-refractivity contribution in [3.05, 3.63) is 60.3 Å². The summed E-state index contributed by atoms with van der Waals surface area (Å²) in [5, 5.41) is 3.98. The van der Waals surface area contributed by atoms with Crippen molar-refractivity contribution in [1.82, 2.24) is 9.55 Å². The molecule has 0 atom stereocenters. The van der Waals surface area contributed by atoms with Gasteiger partial charge in [-0.05, 0) is 48.5 Å². The Labute approximate surface area is 153 Å². The summed E-state index contributed by atoms with van der Waals surface area (Å²) in [7, 11) is 3.35. The summed E-state index contributed by atoms with van der Waals surface area (Å²) in [5.74, 6) is 0.486. The van der Waals surface area contributed by atoms with Crippen LogP contribution in [0, 0.1) is 0 Å². The van der Waals surface area contributed by atoms with Gasteiger partial charge in [0.1, 0.15) is 11.6 Å². The van der Waals surface area contributed by atoms with Crippen LogP contribution >= 0.6 is 0 Å². The minimum absolute atomic E-state index is 0.00547. The van der Waals surface area contributed by atoms with E-state index >= 15 is 0 Å². The average Bonchev–Trinajstić information content (AvgIpc) is 3.00. The molecular formula is C20H16F3N3O. The quantitative estimate of drug-likeness (QED) is 0.517. The first kappa shape index (κ1) is 17.2. The molecule has 1 N–H and O–H groups in total. The molecule has 138 valence electrons. The summed E-state index contributed by atoms with van der Waals surface area (Å²) in [4.78, 5) is 4.33. The number of alkyl halides is 3. The smallest absolute Gasteiger partial charge is 0.417 e. The number of hydrogen-bond acceptors (Lipinski definition) is 3. The Morgan fingerprint density at radius 1 is 1.04 bits per heavy atom. The van der Waals surface area contributed by atoms with Crippen LogP contribution in [0.4, 0.5) is 24.7 Å². The predicted octanol–water partition coefficient (Wildman–Crippen LogP) is 5.50. The highest BCUT2D eigenvalue weighted by atomic mass is 19.4. The zero-order valence-corrected chi connectivity index (χ0v) is 14.6. The standard InChI is InChI=1S/C20H16F3N3O/c1-26-8-7-12-9-13(3-6-18(12)26)24-19-11-16(20(21,22)23)15-10-14(27-2)4-5-17(15)25-19/h3-11H,1-2H3,(H,24,25). The minimum atomic E-state index is -4.51. The molecule has 0 aliphatic carbocycles. The molecule has 4 aromatic rings. The molecule has 0 saturated carbocycles. The Morgan fingerprint density at radius 3 is 2.59 bits per heavy atom. The molecule has 2 aromatic heterocycles. The predicted molar refractivity (Wildman–Crippen MR) is 99.5 cm³/mol. The maximum atomic E-state index is 13.6. The number of nitrogens with zero attached hydrogens (tertiary/aromatic N) is 2. The van der Waals surface area contributed by atoms with Crippen LogP contribution in [-0.4, -0.2) is 16.7 Å². The third-order valence-corrected chi connectivity index (χ3v) is 4.48. The van der Waals surface area contributed by atoms with E-state index in [0.717, 1.165) is 17.0 Å². The molecule has 2 aromatic carbocycles. The summed E-state index contributed by atoms with van der Waals surface area (Å²) in [6.45, 7) is 0. The molecule has 0 bridgehead atoms. The second-order valence-electron chi connectivity index (χ2n) is 6.26. The third kappa shape index (κ3) is 3.16. The number of pyridine rings is 1. The minimum Gasteiger partial charge on any atom is -0.497 e. The fourth-order valence-electron chi connectivity index (χ4n) is 3.14. The highest BCUT2D eigenvalue weighted by molar-refractivity contribution is 5.88. The number of halogens is 3. The number of aryl methyl sites for hydroxylation is 1. The molecule has 0 fully saturated rings. The van der Waals surface area contributed by atoms with Crippen LogP contribution in [0.2, 0.25) is 0 Å². The number of fused-ring (bicyclic) bond motifs is 2. The molecular weight excluding hydrogens is 355 g/mol. The van der Waals surface area contributed by atoms with Crippen molar-refractivity contribution in [2.75, 3.05) is 12.4 Å². The van der Waals surface area contributed by atoms with E-state index < -0.39 is 11.7 Å². The van der Waals surface area contributed by atoms with Gasteiger partial charge in [-0.2, -0.15) is 13.2 Å². The Bertz CT molecular complexity index is 1150. The van der Waals surface area contributed by atoms with Crippen molar-refractivity contribution in [3.63, 3.8) is 0 Å². The van der Waals surface area contributed by atoms with Gasteiger partial charge in [0.15, 0.2) is 0 Å². The lowest BCUT2D eigenvalue weighted by atomic mass is 10.1. The molecule has 4 nitrogen and oxygen atoms in total. The maximum absolute atomic E-state index is 13.6. The van der Waals surface area contributed by atoms with Crippen molar-refractivity contribution >= 4 is 33.3 Å². The summed E-state index contributed by atoms with van der Waals surface area (Å²) in [5.41, 5.74) is 1.20. The first-order valence-corrected chi connectivity index (χ1v) is 8.23. The highest BCUT2D eigenvalue weighted by Crippen LogP contribution is 2.37. The second-order valence-corrected chi connectivity index (χ2v) is 6.26. The second kappa shape index (κ2) is 6.19. The zero-order chi connectivity index (χ0) is 19.2. The molecule has 0 saturated heterocycles. The van der Waals surface area contributed by atoms with E-state index in [4.69, 9.17) is 4.74 Å². The molecule has 27 heavy (non-hydrogen) atoms. The van der Waals surface area contributed by atoms with Crippen LogP contribution in [0.15, 0.2) is 54.7 Å². The monoisotopic (exact) mass is 371 g/mol. The number of rotatable bonds is 3. The van der Waals surface area contributed by atoms with Gasteiger partial charge >= 0.3 is 6.18 Å². The van der Waals surface area contributed by atoms with Crippen molar-refractivity contribution in [2.45, 2.75) is 6.18 Å². The van der Waals surface area contributed by atoms with Crippen molar-refractivity contribution in [2.24, 2.45) is 7.05 Å². The van der Waals surface area contributed by atoms with Gasteiger partial charge in [0.25, 0.3) is 0 Å². The van der Waals surface area contributed by atoms with Gasteiger partial charge in [-0.3, -0.25) is 0 Å². The van der Waals surface area contributed by atoms with Gasteiger partial charge in [0.05, 0.1) is 18.2 Å². The zero-order valence-electron chi connectivity index (χ0n) is 14.6. The summed E-state index contributed by atoms with van der Waals surface area (Å²) < 4.78 is 47.8. The van der Waals surface area contributed by atoms with E-state index in [2.05, 4.69) is 10.3 Å². The van der Waals surface area contributed by atoms with Crippen LogP contribution in [0.3, 0.4) is 0 Å². The summed E-state index contributed by atoms with van der Waals surface area (Å²) >= 11 is 0. The van der Waals surface area contributed by atoms with Gasteiger partial charge in [0, 0.05) is 35.2 Å². The van der Waals surface area contributed by atoms with E-state index in [-0.39, 0.29) is 16.7 Å². The topological polar surface area (TPSA) is 39.1 Å². The lowest BCUT2D eigenvalue weighted by Gasteiger charge is -2.14. The van der Waals surface area contributed by atoms with E-state index in [0.29, 0.717) is 11.4 Å². The van der Waals surface area contributed by atoms with Gasteiger partial charge in [-0.15, -0.1) is 0 Å². The number of benzene rings is 2. The van der Waals surface area contributed by atoms with Gasteiger partial charge in [0.2, 0.25) is 0 Å². The summed E-state index contributed by atoms with van der Waals surface area (Å²) in [6.07, 6.45) is -2.58. The lowest BCUT2D eigenvalue weighted by molar-refractivity contribution is -0.136. The molecule has 0 spiro atoms. The fraction of sp³-hybridized carbons (Fsp3) is 0.150. The van der Waals surface area contributed by atoms with Gasteiger partial charge < -0.3 is 14.6 Å². The Hall–Kier alpha value is -3.22. The number of nitrogens with one attached hydrogen (secondary N) is 1. The summed E-state index contributed by atoms with van der Waals surface area (Å²) in [6, 6.07) is 13.0. The number of aromatic nitrogens is 2. The van der Waals surface area contributed by atoms with E-state index in [1.807, 2.05) is 42.1 Å². The van der Waals surface area contributed by atoms with Gasteiger partial charge in [-0.25, -0.2) is 4.98 Å². The molecule has 0 radical (unpaired) electrons. The van der Waals surface area contributed by atoms with Crippen molar-refractivity contribution in [1.29, 1.82) is 0 Å². The van der Waals surface area contributed by atoms with E-state index in [1.165, 1.54) is 19.2 Å². The SMILES string of the molecule is COc1ccc2nc(Nc3ccc4c(ccn4C)c3)cc(C(F)(F)F)c2c1. The molecule has 7 heteroatoms. The van der Waals surface area contributed by atoms with Crippen LogP contribution in [0.25, 0.3) is 21.8 Å². The molecule has 0 aliphatic heterocycles. The van der Waals surface area contributed by atoms with Gasteiger partial charge in [-0.1, -0.05) is 0 Å². The molecule has 0 aliphatic rings. The van der Waals surface area contributed by atoms with Crippen LogP contribution in [0.1, 0.15) is 5.56 Å². The number of hydrogen-bond donors (Lipinski definition) is 1. The molecule has 4 rings (SSSR count). The molecule has 0 amide bonds. The Balaban J connectivity index is 1.80. The number of anilines is 2. The first-order valence-electron chi connectivity index (χ1n) is 8.23. The van der Waals surface area contributed by atoms with Crippen molar-refractivity contribution < 1.29 is 17.9 Å². The highest BCUT2D eigenvalue weighted by Gasteiger charge is 2.33. The van der Waals surface area contributed by atoms with Crippen LogP contribution in [-0.2, 0) is 13.2 Å². The fourth-order valence-corrected chi connectivity index (χ4v) is 3.14. The van der Waals surface area contributed by atoms with Crippen molar-refractivity contribution in [3.8, 4) is 5.75 Å². The van der Waals surface area contributed by atoms with Crippen LogP contribution < -0.4 is 10.1 Å². The lowest BCUT2D eigenvalue weighted by Crippen LogP contribution is -2.08. The Kier molecular flexibility index (Phi) is 3.95. The molecule has 0 unspecified atom stereocenters. The largest absolute Gasteiger partial charge is 0.497 e. The van der Waals surface area contributed by atoms with Crippen LogP contribution in [0.5, 0.6) is 5.75 Å². The maximum Gasteiger partial charge on any atom is 0.417 e. The molecule has 2 heterocycles. The third-order valence-electron chi connectivity index (χ3n) is 4.48. The van der Waals surface area contributed by atoms with E-state index in [1.54, 1.807) is 6.07 Å².